The van der Waals surface area contributed by atoms with E-state index in [1.165, 1.54) is 12.0 Å². The lowest BCUT2D eigenvalue weighted by atomic mass is 10.2. The van der Waals surface area contributed by atoms with Gasteiger partial charge in [-0.1, -0.05) is 30.3 Å². The van der Waals surface area contributed by atoms with Gasteiger partial charge in [0.15, 0.2) is 0 Å². The molecule has 0 radical (unpaired) electrons. The van der Waals surface area contributed by atoms with Gasteiger partial charge in [0.05, 0.1) is 6.04 Å². The van der Waals surface area contributed by atoms with Crippen molar-refractivity contribution in [3.63, 3.8) is 0 Å². The molecule has 1 unspecified atom stereocenters. The molecule has 0 saturated carbocycles. The molecule has 1 aromatic rings. The van der Waals surface area contributed by atoms with Crippen LogP contribution in [0.4, 0.5) is 4.79 Å². The quantitative estimate of drug-likeness (QED) is 0.779. The molecule has 1 aliphatic rings. The Kier molecular flexibility index (Phi) is 4.52. The van der Waals surface area contributed by atoms with Gasteiger partial charge in [-0.3, -0.25) is 4.90 Å². The van der Waals surface area contributed by atoms with E-state index >= 15 is 0 Å². The van der Waals surface area contributed by atoms with E-state index in [1.54, 1.807) is 0 Å². The van der Waals surface area contributed by atoms with Crippen LogP contribution in [0.25, 0.3) is 0 Å². The second kappa shape index (κ2) is 6.33. The van der Waals surface area contributed by atoms with Crippen LogP contribution in [0, 0.1) is 0 Å². The predicted octanol–water partition coefficient (Wildman–Crippen LogP) is 1.96. The number of carbonyl (C=O) groups is 2. The van der Waals surface area contributed by atoms with Crippen LogP contribution >= 0.6 is 0 Å². The first kappa shape index (κ1) is 13.5. The molecular weight excluding hydrogens is 246 g/mol. The number of amides is 1. The summed E-state index contributed by atoms with van der Waals surface area (Å²) in [4.78, 5) is 24.3. The highest BCUT2D eigenvalue weighted by molar-refractivity contribution is 5.74. The molecule has 1 amide bonds. The molecule has 19 heavy (non-hydrogen) atoms. The Hall–Kier alpha value is -1.88. The Morgan fingerprint density at radius 1 is 1.37 bits per heavy atom. The standard InChI is InChI=1S/C14H17NO4/c1-18-13-8-7-12(9-16)15(13)14(17)19-10-11-5-3-2-4-6-11/h2-6,9,12-13H,7-8,10H2,1H3/t12-,13?/m0/s1. The number of aldehydes is 1. The summed E-state index contributed by atoms with van der Waals surface area (Å²) >= 11 is 0. The predicted molar refractivity (Wildman–Crippen MR) is 68.3 cm³/mol. The normalized spacial score (nSPS) is 22.3. The molecule has 2 atom stereocenters. The summed E-state index contributed by atoms with van der Waals surface area (Å²) in [5.41, 5.74) is 0.909. The molecule has 1 heterocycles. The molecule has 1 saturated heterocycles. The zero-order valence-corrected chi connectivity index (χ0v) is 10.8. The second-order valence-electron chi connectivity index (χ2n) is 4.42. The van der Waals surface area contributed by atoms with Gasteiger partial charge in [0.1, 0.15) is 19.1 Å². The number of benzene rings is 1. The fourth-order valence-electron chi connectivity index (χ4n) is 2.22. The molecule has 0 N–H and O–H groups in total. The van der Waals surface area contributed by atoms with Crippen molar-refractivity contribution in [1.82, 2.24) is 4.90 Å². The molecule has 2 rings (SSSR count). The van der Waals surface area contributed by atoms with E-state index < -0.39 is 12.1 Å². The van der Waals surface area contributed by atoms with Crippen LogP contribution in [-0.4, -0.2) is 36.7 Å². The van der Waals surface area contributed by atoms with E-state index in [9.17, 15) is 9.59 Å². The third-order valence-corrected chi connectivity index (χ3v) is 3.22. The number of rotatable bonds is 4. The Morgan fingerprint density at radius 2 is 2.11 bits per heavy atom. The third-order valence-electron chi connectivity index (χ3n) is 3.22. The number of ether oxygens (including phenoxy) is 2. The fourth-order valence-corrected chi connectivity index (χ4v) is 2.22. The first-order chi connectivity index (χ1) is 9.26. The van der Waals surface area contributed by atoms with Gasteiger partial charge in [-0.2, -0.15) is 0 Å². The Morgan fingerprint density at radius 3 is 2.74 bits per heavy atom. The van der Waals surface area contributed by atoms with Crippen molar-refractivity contribution in [2.75, 3.05) is 7.11 Å². The summed E-state index contributed by atoms with van der Waals surface area (Å²) in [6, 6.07) is 8.96. The number of methoxy groups -OCH3 is 1. The lowest BCUT2D eigenvalue weighted by Crippen LogP contribution is -2.43. The summed E-state index contributed by atoms with van der Waals surface area (Å²) in [6.07, 6.45) is 1.15. The van der Waals surface area contributed by atoms with E-state index in [0.717, 1.165) is 11.8 Å². The van der Waals surface area contributed by atoms with E-state index in [1.807, 2.05) is 30.3 Å². The maximum absolute atomic E-state index is 12.0. The molecule has 102 valence electrons. The smallest absolute Gasteiger partial charge is 0.412 e. The van der Waals surface area contributed by atoms with Gasteiger partial charge >= 0.3 is 6.09 Å². The van der Waals surface area contributed by atoms with Crippen LogP contribution in [0.15, 0.2) is 30.3 Å². The number of nitrogens with zero attached hydrogens (tertiary/aromatic N) is 1. The molecule has 5 nitrogen and oxygen atoms in total. The minimum Gasteiger partial charge on any atom is -0.444 e. The van der Waals surface area contributed by atoms with E-state index in [4.69, 9.17) is 9.47 Å². The van der Waals surface area contributed by atoms with Crippen molar-refractivity contribution >= 4 is 12.4 Å². The number of carbonyl (C=O) groups excluding carboxylic acids is 2. The molecular formula is C14H17NO4. The first-order valence-corrected chi connectivity index (χ1v) is 6.23. The van der Waals surface area contributed by atoms with Gasteiger partial charge in [-0.15, -0.1) is 0 Å². The van der Waals surface area contributed by atoms with Gasteiger partial charge in [-0.25, -0.2) is 4.79 Å². The fraction of sp³-hybridized carbons (Fsp3) is 0.429. The third kappa shape index (κ3) is 3.12. The van der Waals surface area contributed by atoms with Gasteiger partial charge in [0, 0.05) is 7.11 Å². The van der Waals surface area contributed by atoms with Crippen LogP contribution in [-0.2, 0) is 20.9 Å². The minimum atomic E-state index is -0.509. The molecule has 0 aromatic heterocycles. The van der Waals surface area contributed by atoms with Gasteiger partial charge in [0.2, 0.25) is 0 Å². The Labute approximate surface area is 112 Å². The van der Waals surface area contributed by atoms with Crippen LogP contribution < -0.4 is 0 Å². The van der Waals surface area contributed by atoms with Crippen molar-refractivity contribution in [1.29, 1.82) is 0 Å². The first-order valence-electron chi connectivity index (χ1n) is 6.23. The number of likely N-dealkylation sites (tertiary alicyclic amines) is 1. The highest BCUT2D eigenvalue weighted by Crippen LogP contribution is 2.24. The van der Waals surface area contributed by atoms with Gasteiger partial charge in [-0.05, 0) is 18.4 Å². The summed E-state index contributed by atoms with van der Waals surface area (Å²) < 4.78 is 10.4. The molecule has 0 bridgehead atoms. The summed E-state index contributed by atoms with van der Waals surface area (Å²) in [5.74, 6) is 0. The van der Waals surface area contributed by atoms with Crippen LogP contribution in [0.3, 0.4) is 0 Å². The van der Waals surface area contributed by atoms with Crippen molar-refractivity contribution in [3.05, 3.63) is 35.9 Å². The maximum Gasteiger partial charge on any atom is 0.412 e. The maximum atomic E-state index is 12.0. The molecule has 1 fully saturated rings. The van der Waals surface area contributed by atoms with E-state index in [-0.39, 0.29) is 12.8 Å². The minimum absolute atomic E-state index is 0.193. The van der Waals surface area contributed by atoms with Crippen LogP contribution in [0.5, 0.6) is 0 Å². The zero-order chi connectivity index (χ0) is 13.7. The van der Waals surface area contributed by atoms with Crippen molar-refractivity contribution in [2.45, 2.75) is 31.7 Å². The molecule has 1 aromatic carbocycles. The molecule has 0 spiro atoms. The summed E-state index contributed by atoms with van der Waals surface area (Å²) in [6.45, 7) is 0.193. The Bertz CT molecular complexity index is 434. The Balaban J connectivity index is 1.96. The highest BCUT2D eigenvalue weighted by Gasteiger charge is 2.37. The van der Waals surface area contributed by atoms with Crippen molar-refractivity contribution in [3.8, 4) is 0 Å². The van der Waals surface area contributed by atoms with E-state index in [2.05, 4.69) is 0 Å². The van der Waals surface area contributed by atoms with E-state index in [0.29, 0.717) is 12.8 Å². The number of hydrogen-bond donors (Lipinski definition) is 0. The van der Waals surface area contributed by atoms with Gasteiger partial charge in [0.25, 0.3) is 0 Å². The largest absolute Gasteiger partial charge is 0.444 e. The molecule has 5 heteroatoms. The molecule has 0 aliphatic carbocycles. The average Bonchev–Trinajstić information content (AvgIpc) is 2.89. The summed E-state index contributed by atoms with van der Waals surface area (Å²) in [7, 11) is 1.52. The summed E-state index contributed by atoms with van der Waals surface area (Å²) in [5, 5.41) is 0. The highest BCUT2D eigenvalue weighted by atomic mass is 16.6. The topological polar surface area (TPSA) is 55.8 Å². The zero-order valence-electron chi connectivity index (χ0n) is 10.8. The van der Waals surface area contributed by atoms with Crippen LogP contribution in [0.1, 0.15) is 18.4 Å². The molecule has 1 aliphatic heterocycles. The number of hydrogen-bond acceptors (Lipinski definition) is 4. The lowest BCUT2D eigenvalue weighted by Gasteiger charge is -2.25. The van der Waals surface area contributed by atoms with Crippen molar-refractivity contribution in [2.24, 2.45) is 0 Å². The van der Waals surface area contributed by atoms with Crippen molar-refractivity contribution < 1.29 is 19.1 Å². The van der Waals surface area contributed by atoms with Crippen LogP contribution in [0.2, 0.25) is 0 Å². The monoisotopic (exact) mass is 263 g/mol. The average molecular weight is 263 g/mol. The second-order valence-corrected chi connectivity index (χ2v) is 4.42. The SMILES string of the molecule is COC1CC[C@@H](C=O)N1C(=O)OCc1ccccc1. The lowest BCUT2D eigenvalue weighted by molar-refractivity contribution is -0.113. The van der Waals surface area contributed by atoms with Gasteiger partial charge < -0.3 is 14.3 Å².